The molecular formula is C16H16F2N2O3S. The van der Waals surface area contributed by atoms with Crippen molar-refractivity contribution in [1.29, 1.82) is 0 Å². The lowest BCUT2D eigenvalue weighted by atomic mass is 10.2. The Balaban J connectivity index is 1.97. The van der Waals surface area contributed by atoms with Crippen molar-refractivity contribution in [3.05, 3.63) is 40.9 Å². The molecular weight excluding hydrogens is 338 g/mol. The minimum Gasteiger partial charge on any atom is -0.394 e. The zero-order valence-corrected chi connectivity index (χ0v) is 13.4. The van der Waals surface area contributed by atoms with E-state index in [1.165, 1.54) is 4.90 Å². The average Bonchev–Trinajstić information content (AvgIpc) is 3.18. The Kier molecular flexibility index (Phi) is 4.88. The van der Waals surface area contributed by atoms with Crippen molar-refractivity contribution in [2.45, 2.75) is 25.0 Å². The molecule has 1 aromatic heterocycles. The van der Waals surface area contributed by atoms with E-state index in [0.29, 0.717) is 10.6 Å². The summed E-state index contributed by atoms with van der Waals surface area (Å²) in [6.07, 6.45) is -3.41. The molecule has 0 unspecified atom stereocenters. The van der Waals surface area contributed by atoms with Crippen molar-refractivity contribution in [2.75, 3.05) is 13.2 Å². The number of halogens is 2. The third kappa shape index (κ3) is 3.17. The molecule has 3 rings (SSSR count). The molecule has 1 saturated heterocycles. The van der Waals surface area contributed by atoms with Gasteiger partial charge in [0.2, 0.25) is 0 Å². The van der Waals surface area contributed by atoms with Gasteiger partial charge in [0.05, 0.1) is 18.8 Å². The highest BCUT2D eigenvalue weighted by molar-refractivity contribution is 7.17. The number of carbonyl (C=O) groups excluding carboxylic acids is 1. The number of amides is 1. The van der Waals surface area contributed by atoms with Gasteiger partial charge in [-0.25, -0.2) is 13.8 Å². The van der Waals surface area contributed by atoms with Crippen LogP contribution in [-0.2, 0) is 0 Å². The van der Waals surface area contributed by atoms with Gasteiger partial charge in [0.15, 0.2) is 0 Å². The number of nitrogens with zero attached hydrogens (tertiary/aromatic N) is 2. The van der Waals surface area contributed by atoms with Crippen LogP contribution in [0.15, 0.2) is 30.3 Å². The van der Waals surface area contributed by atoms with Crippen LogP contribution in [0.25, 0.3) is 10.6 Å². The molecule has 0 radical (unpaired) electrons. The van der Waals surface area contributed by atoms with E-state index >= 15 is 0 Å². The summed E-state index contributed by atoms with van der Waals surface area (Å²) in [7, 11) is 0. The van der Waals surface area contributed by atoms with E-state index in [2.05, 4.69) is 4.98 Å². The van der Waals surface area contributed by atoms with Crippen LogP contribution < -0.4 is 0 Å². The minimum absolute atomic E-state index is 0.0192. The lowest BCUT2D eigenvalue weighted by molar-refractivity contribution is 0.0658. The molecule has 1 amide bonds. The van der Waals surface area contributed by atoms with Crippen molar-refractivity contribution < 1.29 is 23.8 Å². The highest BCUT2D eigenvalue weighted by atomic mass is 32.1. The van der Waals surface area contributed by atoms with Gasteiger partial charge < -0.3 is 15.1 Å². The van der Waals surface area contributed by atoms with Gasteiger partial charge in [-0.1, -0.05) is 30.3 Å². The SMILES string of the molecule is O=C(c1sc(-c2ccccc2)nc1C(F)F)N1C[C@@H](O)C[C@H]1CO. The number of alkyl halides is 2. The Morgan fingerprint density at radius 1 is 1.38 bits per heavy atom. The number of β-amino-alcohol motifs (C(OH)–C–C–N with tert-alkyl or cyclic N) is 1. The maximum absolute atomic E-state index is 13.3. The summed E-state index contributed by atoms with van der Waals surface area (Å²) in [6, 6.07) is 8.23. The molecule has 128 valence electrons. The Morgan fingerprint density at radius 2 is 2.08 bits per heavy atom. The summed E-state index contributed by atoms with van der Waals surface area (Å²) in [5.74, 6) is -0.624. The van der Waals surface area contributed by atoms with Crippen molar-refractivity contribution in [3.8, 4) is 10.6 Å². The number of thiazole rings is 1. The third-order valence-electron chi connectivity index (χ3n) is 3.94. The number of aliphatic hydroxyl groups is 2. The first-order valence-corrected chi connectivity index (χ1v) is 8.27. The number of carbonyl (C=O) groups is 1. The number of likely N-dealkylation sites (tertiary alicyclic amines) is 1. The van der Waals surface area contributed by atoms with Gasteiger partial charge in [0.25, 0.3) is 12.3 Å². The first-order valence-electron chi connectivity index (χ1n) is 7.45. The highest BCUT2D eigenvalue weighted by Gasteiger charge is 2.37. The Bertz CT molecular complexity index is 723. The molecule has 8 heteroatoms. The van der Waals surface area contributed by atoms with Gasteiger partial charge >= 0.3 is 0 Å². The van der Waals surface area contributed by atoms with Gasteiger partial charge in [0.1, 0.15) is 15.6 Å². The lowest BCUT2D eigenvalue weighted by Gasteiger charge is -2.22. The second kappa shape index (κ2) is 6.92. The molecule has 1 aliphatic rings. The summed E-state index contributed by atoms with van der Waals surface area (Å²) in [5, 5.41) is 19.4. The van der Waals surface area contributed by atoms with Gasteiger partial charge in [-0.15, -0.1) is 11.3 Å². The van der Waals surface area contributed by atoms with E-state index in [4.69, 9.17) is 0 Å². The fourth-order valence-electron chi connectivity index (χ4n) is 2.78. The van der Waals surface area contributed by atoms with E-state index in [-0.39, 0.29) is 24.4 Å². The van der Waals surface area contributed by atoms with Crippen LogP contribution in [-0.4, -0.2) is 51.3 Å². The molecule has 5 nitrogen and oxygen atoms in total. The van der Waals surface area contributed by atoms with Gasteiger partial charge in [-0.05, 0) is 6.42 Å². The second-order valence-corrected chi connectivity index (χ2v) is 6.58. The fraction of sp³-hybridized carbons (Fsp3) is 0.375. The first kappa shape index (κ1) is 16.9. The van der Waals surface area contributed by atoms with Gasteiger partial charge in [-0.2, -0.15) is 0 Å². The van der Waals surface area contributed by atoms with Crippen LogP contribution in [0.3, 0.4) is 0 Å². The molecule has 2 heterocycles. The summed E-state index contributed by atoms with van der Waals surface area (Å²) in [4.78, 5) is 17.7. The standard InChI is InChI=1S/C16H16F2N2O3S/c17-14(18)12-13(16(23)20-7-11(22)6-10(20)8-21)24-15(19-12)9-4-2-1-3-5-9/h1-5,10-11,14,21-22H,6-8H2/t10-,11-/m0/s1. The molecule has 24 heavy (non-hydrogen) atoms. The molecule has 1 aliphatic heterocycles. The monoisotopic (exact) mass is 354 g/mol. The lowest BCUT2D eigenvalue weighted by Crippen LogP contribution is -2.38. The van der Waals surface area contributed by atoms with E-state index in [0.717, 1.165) is 11.3 Å². The normalized spacial score (nSPS) is 20.8. The summed E-state index contributed by atoms with van der Waals surface area (Å²) in [5.41, 5.74) is 0.102. The molecule has 2 aromatic rings. The van der Waals surface area contributed by atoms with Crippen LogP contribution in [0.1, 0.15) is 28.2 Å². The van der Waals surface area contributed by atoms with Crippen molar-refractivity contribution in [2.24, 2.45) is 0 Å². The van der Waals surface area contributed by atoms with Crippen LogP contribution in [0.4, 0.5) is 8.78 Å². The predicted octanol–water partition coefficient (Wildman–Crippen LogP) is 2.32. The number of hydrogen-bond acceptors (Lipinski definition) is 5. The van der Waals surface area contributed by atoms with Crippen LogP contribution >= 0.6 is 11.3 Å². The van der Waals surface area contributed by atoms with E-state index in [1.54, 1.807) is 30.3 Å². The molecule has 0 spiro atoms. The predicted molar refractivity (Wildman–Crippen MR) is 85.0 cm³/mol. The number of benzene rings is 1. The van der Waals surface area contributed by atoms with E-state index < -0.39 is 30.2 Å². The first-order chi connectivity index (χ1) is 11.5. The Hall–Kier alpha value is -1.90. The molecule has 0 bridgehead atoms. The number of aromatic nitrogens is 1. The number of hydrogen-bond donors (Lipinski definition) is 2. The largest absolute Gasteiger partial charge is 0.394 e. The van der Waals surface area contributed by atoms with Crippen molar-refractivity contribution >= 4 is 17.2 Å². The summed E-state index contributed by atoms with van der Waals surface area (Å²) in [6.45, 7) is -0.303. The fourth-order valence-corrected chi connectivity index (χ4v) is 3.82. The number of rotatable bonds is 4. The maximum Gasteiger partial charge on any atom is 0.282 e. The zero-order valence-electron chi connectivity index (χ0n) is 12.6. The van der Waals surface area contributed by atoms with E-state index in [1.807, 2.05) is 0 Å². The minimum atomic E-state index is -2.88. The van der Waals surface area contributed by atoms with Crippen molar-refractivity contribution in [3.63, 3.8) is 0 Å². The molecule has 0 saturated carbocycles. The smallest absolute Gasteiger partial charge is 0.282 e. The summed E-state index contributed by atoms with van der Waals surface area (Å²) >= 11 is 0.904. The molecule has 2 N–H and O–H groups in total. The maximum atomic E-state index is 13.3. The topological polar surface area (TPSA) is 73.7 Å². The molecule has 1 aromatic carbocycles. The number of aliphatic hydroxyl groups excluding tert-OH is 2. The Labute approximate surface area is 141 Å². The van der Waals surface area contributed by atoms with Crippen LogP contribution in [0.5, 0.6) is 0 Å². The second-order valence-electron chi connectivity index (χ2n) is 5.58. The molecule has 1 fully saturated rings. The van der Waals surface area contributed by atoms with E-state index in [9.17, 15) is 23.8 Å². The summed E-state index contributed by atoms with van der Waals surface area (Å²) < 4.78 is 26.7. The quantitative estimate of drug-likeness (QED) is 0.884. The third-order valence-corrected chi connectivity index (χ3v) is 5.05. The van der Waals surface area contributed by atoms with Gasteiger partial charge in [-0.3, -0.25) is 4.79 Å². The van der Waals surface area contributed by atoms with Gasteiger partial charge in [0, 0.05) is 12.1 Å². The average molecular weight is 354 g/mol. The molecule has 0 aliphatic carbocycles. The zero-order chi connectivity index (χ0) is 17.3. The Morgan fingerprint density at radius 3 is 2.71 bits per heavy atom. The van der Waals surface area contributed by atoms with Crippen molar-refractivity contribution in [1.82, 2.24) is 9.88 Å². The highest BCUT2D eigenvalue weighted by Crippen LogP contribution is 2.35. The van der Waals surface area contributed by atoms with Crippen LogP contribution in [0, 0.1) is 0 Å². The molecule has 2 atom stereocenters. The van der Waals surface area contributed by atoms with Crippen LogP contribution in [0.2, 0.25) is 0 Å².